The molecule has 0 spiro atoms. The van der Waals surface area contributed by atoms with Crippen LogP contribution in [0.15, 0.2) is 30.6 Å². The van der Waals surface area contributed by atoms with Gasteiger partial charge in [-0.3, -0.25) is 19.8 Å². The Morgan fingerprint density at radius 1 is 1.12 bits per heavy atom. The third kappa shape index (κ3) is 6.54. The molecule has 1 unspecified atom stereocenters. The Kier molecular flexibility index (Phi) is 8.73. The van der Waals surface area contributed by atoms with Gasteiger partial charge in [-0.2, -0.15) is 13.2 Å². The maximum Gasteiger partial charge on any atom is 0.419 e. The van der Waals surface area contributed by atoms with Crippen molar-refractivity contribution in [2.75, 3.05) is 29.9 Å². The third-order valence-corrected chi connectivity index (χ3v) is 8.77. The van der Waals surface area contributed by atoms with Crippen LogP contribution in [0.5, 0.6) is 0 Å². The summed E-state index contributed by atoms with van der Waals surface area (Å²) in [6.07, 6.45) is 1.84. The average molecular weight is 607 g/mol. The highest BCUT2D eigenvalue weighted by Crippen LogP contribution is 2.38. The van der Waals surface area contributed by atoms with E-state index in [1.54, 1.807) is 0 Å². The maximum absolute atomic E-state index is 14.0. The molecule has 0 aliphatic carbocycles. The van der Waals surface area contributed by atoms with Crippen LogP contribution in [-0.4, -0.2) is 62.5 Å². The lowest BCUT2D eigenvalue weighted by molar-refractivity contribution is -0.142. The zero-order valence-electron chi connectivity index (χ0n) is 22.8. The Hall–Kier alpha value is -3.65. The van der Waals surface area contributed by atoms with Crippen molar-refractivity contribution in [3.05, 3.63) is 52.5 Å². The number of halogens is 4. The Bertz CT molecular complexity index is 1440. The van der Waals surface area contributed by atoms with Gasteiger partial charge in [0.2, 0.25) is 0 Å². The number of hydrogen-bond donors (Lipinski definition) is 2. The molecule has 0 radical (unpaired) electrons. The van der Waals surface area contributed by atoms with Crippen molar-refractivity contribution in [3.63, 3.8) is 0 Å². The number of carboxylic acids is 1. The average Bonchev–Trinajstić information content (AvgIpc) is 3.59. The highest BCUT2D eigenvalue weighted by atomic mass is 32.1. The summed E-state index contributed by atoms with van der Waals surface area (Å²) in [6.45, 7) is 4.38. The topological polar surface area (TPSA) is 112 Å². The SMILES string of the molecule is CCC1CCCN1Cc1sc(NC(=O)c2cnc(N3CCC(C(=O)O)CC3)cn2)nc1-c1ccc(F)c(C(F)(F)F)c1. The van der Waals surface area contributed by atoms with E-state index in [9.17, 15) is 32.3 Å². The largest absolute Gasteiger partial charge is 0.481 e. The third-order valence-electron chi connectivity index (χ3n) is 7.82. The maximum atomic E-state index is 14.0. The van der Waals surface area contributed by atoms with E-state index in [0.29, 0.717) is 49.2 Å². The van der Waals surface area contributed by atoms with E-state index in [-0.39, 0.29) is 28.0 Å². The summed E-state index contributed by atoms with van der Waals surface area (Å²) in [6, 6.07) is 3.13. The fourth-order valence-corrected chi connectivity index (χ4v) is 6.50. The van der Waals surface area contributed by atoms with Crippen molar-refractivity contribution in [2.24, 2.45) is 5.92 Å². The number of nitrogens with one attached hydrogen (secondary N) is 1. The fourth-order valence-electron chi connectivity index (χ4n) is 5.50. The molecule has 2 aliphatic rings. The lowest BCUT2D eigenvalue weighted by Crippen LogP contribution is -2.36. The van der Waals surface area contributed by atoms with Crippen LogP contribution < -0.4 is 10.2 Å². The first-order valence-electron chi connectivity index (χ1n) is 13.8. The summed E-state index contributed by atoms with van der Waals surface area (Å²) in [5.74, 6) is -2.63. The molecule has 9 nitrogen and oxygen atoms in total. The van der Waals surface area contributed by atoms with Crippen LogP contribution in [-0.2, 0) is 17.5 Å². The first kappa shape index (κ1) is 29.8. The molecule has 1 amide bonds. The molecule has 0 bridgehead atoms. The van der Waals surface area contributed by atoms with Crippen molar-refractivity contribution in [3.8, 4) is 11.3 Å². The lowest BCUT2D eigenvalue weighted by Gasteiger charge is -2.30. The highest BCUT2D eigenvalue weighted by molar-refractivity contribution is 7.16. The number of piperidine rings is 1. The van der Waals surface area contributed by atoms with Crippen molar-refractivity contribution in [2.45, 2.75) is 57.8 Å². The Morgan fingerprint density at radius 2 is 1.88 bits per heavy atom. The van der Waals surface area contributed by atoms with Gasteiger partial charge in [-0.15, -0.1) is 0 Å². The molecule has 14 heteroatoms. The molecule has 2 N–H and O–H groups in total. The van der Waals surface area contributed by atoms with E-state index in [1.165, 1.54) is 18.5 Å². The lowest BCUT2D eigenvalue weighted by atomic mass is 9.97. The van der Waals surface area contributed by atoms with Crippen LogP contribution in [0.1, 0.15) is 60.0 Å². The normalized spacial score (nSPS) is 18.4. The van der Waals surface area contributed by atoms with Gasteiger partial charge in [-0.05, 0) is 56.8 Å². The number of aliphatic carboxylic acids is 1. The molecule has 1 aromatic carbocycles. The van der Waals surface area contributed by atoms with Gasteiger partial charge >= 0.3 is 12.1 Å². The summed E-state index contributed by atoms with van der Waals surface area (Å²) >= 11 is 1.16. The number of carboxylic acid groups (broad SMARTS) is 1. The Morgan fingerprint density at radius 3 is 2.52 bits per heavy atom. The van der Waals surface area contributed by atoms with Crippen LogP contribution in [0.4, 0.5) is 28.5 Å². The molecule has 5 rings (SSSR count). The van der Waals surface area contributed by atoms with Crippen LogP contribution in [0.25, 0.3) is 11.3 Å². The number of hydrogen-bond acceptors (Lipinski definition) is 8. The number of carbonyl (C=O) groups excluding carboxylic acids is 1. The molecular formula is C28H30F4N6O3S. The molecule has 2 aromatic heterocycles. The van der Waals surface area contributed by atoms with Gasteiger partial charge in [0.1, 0.15) is 17.3 Å². The summed E-state index contributed by atoms with van der Waals surface area (Å²) in [7, 11) is 0. The molecule has 224 valence electrons. The van der Waals surface area contributed by atoms with Gasteiger partial charge in [0.25, 0.3) is 5.91 Å². The quantitative estimate of drug-likeness (QED) is 0.315. The second-order valence-corrected chi connectivity index (χ2v) is 11.6. The number of amides is 1. The zero-order chi connectivity index (χ0) is 30.0. The van der Waals surface area contributed by atoms with E-state index in [4.69, 9.17) is 0 Å². The van der Waals surface area contributed by atoms with Gasteiger partial charge in [0.05, 0.1) is 29.6 Å². The van der Waals surface area contributed by atoms with Crippen LogP contribution in [0, 0.1) is 11.7 Å². The second-order valence-electron chi connectivity index (χ2n) is 10.5. The molecule has 1 atom stereocenters. The monoisotopic (exact) mass is 606 g/mol. The fraction of sp³-hybridized carbons (Fsp3) is 0.464. The van der Waals surface area contributed by atoms with Crippen LogP contribution >= 0.6 is 11.3 Å². The van der Waals surface area contributed by atoms with Gasteiger partial charge in [0.15, 0.2) is 5.13 Å². The van der Waals surface area contributed by atoms with Gasteiger partial charge in [-0.25, -0.2) is 19.3 Å². The number of carbonyl (C=O) groups is 2. The number of anilines is 2. The first-order chi connectivity index (χ1) is 20.0. The minimum Gasteiger partial charge on any atom is -0.481 e. The Labute approximate surface area is 243 Å². The van der Waals surface area contributed by atoms with Gasteiger partial charge in [-0.1, -0.05) is 18.3 Å². The Balaban J connectivity index is 1.36. The first-order valence-corrected chi connectivity index (χ1v) is 14.6. The number of thiazole rings is 1. The number of benzene rings is 1. The predicted octanol–water partition coefficient (Wildman–Crippen LogP) is 5.69. The molecular weight excluding hydrogens is 576 g/mol. The number of nitrogens with zero attached hydrogens (tertiary/aromatic N) is 5. The smallest absolute Gasteiger partial charge is 0.419 e. The van der Waals surface area contributed by atoms with Crippen molar-refractivity contribution < 1.29 is 32.3 Å². The zero-order valence-corrected chi connectivity index (χ0v) is 23.6. The molecule has 3 aromatic rings. The van der Waals surface area contributed by atoms with Gasteiger partial charge < -0.3 is 10.0 Å². The minimum absolute atomic E-state index is 0.0178. The second kappa shape index (κ2) is 12.3. The van der Waals surface area contributed by atoms with E-state index >= 15 is 0 Å². The number of alkyl halides is 3. The number of likely N-dealkylation sites (tertiary alicyclic amines) is 1. The van der Waals surface area contributed by atoms with E-state index < -0.39 is 29.4 Å². The molecule has 0 saturated carbocycles. The van der Waals surface area contributed by atoms with Crippen molar-refractivity contribution in [1.82, 2.24) is 19.9 Å². The van der Waals surface area contributed by atoms with E-state index in [1.807, 2.05) is 4.90 Å². The number of rotatable bonds is 8. The molecule has 2 fully saturated rings. The van der Waals surface area contributed by atoms with Crippen molar-refractivity contribution >= 4 is 34.2 Å². The molecule has 42 heavy (non-hydrogen) atoms. The summed E-state index contributed by atoms with van der Waals surface area (Å²) < 4.78 is 54.4. The summed E-state index contributed by atoms with van der Waals surface area (Å²) in [5, 5.41) is 12.1. The standard InChI is InChI=1S/C28H30F4N6O3S/c1-2-18-4-3-9-38(18)15-22-24(17-5-6-20(29)19(12-17)28(30,31)32)35-27(42-22)36-25(39)21-13-34-23(14-33-21)37-10-7-16(8-11-37)26(40)41/h5-6,12-14,16,18H,2-4,7-11,15H2,1H3,(H,40,41)(H,35,36,39). The predicted molar refractivity (Wildman–Crippen MR) is 149 cm³/mol. The van der Waals surface area contributed by atoms with E-state index in [2.05, 4.69) is 32.1 Å². The molecule has 4 heterocycles. The van der Waals surface area contributed by atoms with Gasteiger partial charge in [0, 0.05) is 36.1 Å². The summed E-state index contributed by atoms with van der Waals surface area (Å²) in [5.41, 5.74) is -0.990. The molecule has 2 saturated heterocycles. The molecule has 2 aliphatic heterocycles. The summed E-state index contributed by atoms with van der Waals surface area (Å²) in [4.78, 5) is 42.0. The highest BCUT2D eigenvalue weighted by Gasteiger charge is 2.35. The van der Waals surface area contributed by atoms with Crippen LogP contribution in [0.2, 0.25) is 0 Å². The van der Waals surface area contributed by atoms with Crippen molar-refractivity contribution in [1.29, 1.82) is 0 Å². The van der Waals surface area contributed by atoms with Crippen LogP contribution in [0.3, 0.4) is 0 Å². The minimum atomic E-state index is -4.87. The number of aromatic nitrogens is 3. The van der Waals surface area contributed by atoms with E-state index in [0.717, 1.165) is 49.3 Å².